The van der Waals surface area contributed by atoms with Crippen LogP contribution in [0.25, 0.3) is 6.08 Å². The number of ether oxygens (including phenoxy) is 2. The van der Waals surface area contributed by atoms with Crippen LogP contribution in [-0.2, 0) is 26.7 Å². The van der Waals surface area contributed by atoms with E-state index in [0.29, 0.717) is 30.0 Å². The van der Waals surface area contributed by atoms with Crippen molar-refractivity contribution in [2.45, 2.75) is 54.2 Å². The second-order valence-corrected chi connectivity index (χ2v) is 13.1. The van der Waals surface area contributed by atoms with E-state index in [1.54, 1.807) is 71.3 Å². The highest BCUT2D eigenvalue weighted by Crippen LogP contribution is 2.64. The summed E-state index contributed by atoms with van der Waals surface area (Å²) in [4.78, 5) is 15.5. The summed E-state index contributed by atoms with van der Waals surface area (Å²) >= 11 is 0. The van der Waals surface area contributed by atoms with Crippen LogP contribution >= 0.6 is 0 Å². The van der Waals surface area contributed by atoms with Gasteiger partial charge in [-0.2, -0.15) is 4.31 Å². The Morgan fingerprint density at radius 2 is 1.98 bits per heavy atom. The van der Waals surface area contributed by atoms with Crippen molar-refractivity contribution in [3.8, 4) is 11.5 Å². The molecule has 2 fully saturated rings. The summed E-state index contributed by atoms with van der Waals surface area (Å²) in [5.41, 5.74) is 2.71. The zero-order valence-corrected chi connectivity index (χ0v) is 23.3. The first kappa shape index (κ1) is 25.4. The molecule has 2 bridgehead atoms. The Morgan fingerprint density at radius 3 is 2.73 bits per heavy atom. The number of likely N-dealkylation sites (N-methyl/N-ethyl adjacent to an activating group) is 1. The Kier molecular flexibility index (Phi) is 5.87. The molecule has 1 saturated heterocycles. The van der Waals surface area contributed by atoms with Crippen molar-refractivity contribution in [2.75, 3.05) is 20.7 Å². The van der Waals surface area contributed by atoms with Gasteiger partial charge in [0, 0.05) is 42.3 Å². The molecular weight excluding hydrogens is 528 g/mol. The minimum absolute atomic E-state index is 0.0758. The van der Waals surface area contributed by atoms with Crippen LogP contribution in [0.1, 0.15) is 36.0 Å². The second kappa shape index (κ2) is 9.24. The summed E-state index contributed by atoms with van der Waals surface area (Å²) in [6.45, 7) is 0.402. The van der Waals surface area contributed by atoms with Crippen LogP contribution in [0.4, 0.5) is 0 Å². The van der Waals surface area contributed by atoms with E-state index in [-0.39, 0.29) is 30.0 Å². The van der Waals surface area contributed by atoms with Crippen molar-refractivity contribution < 1.29 is 27.1 Å². The molecule has 0 unspecified atom stereocenters. The van der Waals surface area contributed by atoms with E-state index in [4.69, 9.17) is 13.9 Å². The van der Waals surface area contributed by atoms with Crippen molar-refractivity contribution >= 4 is 22.0 Å². The molecule has 7 rings (SSSR count). The average molecular weight is 561 g/mol. The highest BCUT2D eigenvalue weighted by Gasteiger charge is 2.67. The van der Waals surface area contributed by atoms with Crippen LogP contribution in [0.3, 0.4) is 0 Å². The van der Waals surface area contributed by atoms with Crippen molar-refractivity contribution in [1.82, 2.24) is 9.21 Å². The van der Waals surface area contributed by atoms with Crippen molar-refractivity contribution in [3.63, 3.8) is 0 Å². The van der Waals surface area contributed by atoms with Crippen LogP contribution < -0.4 is 9.47 Å². The number of sulfonamides is 1. The zero-order valence-electron chi connectivity index (χ0n) is 22.5. The molecule has 208 valence electrons. The van der Waals surface area contributed by atoms with Gasteiger partial charge in [-0.1, -0.05) is 24.3 Å². The number of carbonyl (C=O) groups excluding carboxylic acids is 1. The third-order valence-electron chi connectivity index (χ3n) is 9.60. The standard InChI is InChI=1S/C31H32N2O6S/c1-32(27(34)13-8-20-14-17-38-19-20)24-11-10-23-25-18-21-9-12-26(37-2)29-28(21)31(23,30(24)39-29)15-16-33(25)40(35,36)22-6-4-3-5-7-22/h3-9,12-14,17,19,23-25,30H,10-11,15-16,18H2,1-2H3/b13-8+/t23-,24+,25+,30-,31-/m0/s1. The predicted octanol–water partition coefficient (Wildman–Crippen LogP) is 4.26. The number of rotatable bonds is 6. The molecule has 0 N–H and O–H groups in total. The fourth-order valence-corrected chi connectivity index (χ4v) is 9.56. The quantitative estimate of drug-likeness (QED) is 0.419. The van der Waals surface area contributed by atoms with E-state index in [0.717, 1.165) is 35.3 Å². The van der Waals surface area contributed by atoms with Gasteiger partial charge in [-0.25, -0.2) is 8.42 Å². The van der Waals surface area contributed by atoms with Crippen molar-refractivity contribution in [1.29, 1.82) is 0 Å². The summed E-state index contributed by atoms with van der Waals surface area (Å²) < 4.78 is 47.2. The average Bonchev–Trinajstić information content (AvgIpc) is 3.61. The molecule has 2 aliphatic carbocycles. The number of nitrogens with zero attached hydrogens (tertiary/aromatic N) is 2. The molecule has 2 aliphatic heterocycles. The Morgan fingerprint density at radius 1 is 1.15 bits per heavy atom. The summed E-state index contributed by atoms with van der Waals surface area (Å²) in [7, 11) is -0.185. The topological polar surface area (TPSA) is 89.3 Å². The van der Waals surface area contributed by atoms with Crippen LogP contribution in [0.2, 0.25) is 0 Å². The van der Waals surface area contributed by atoms with Crippen molar-refractivity contribution in [3.05, 3.63) is 83.8 Å². The molecule has 1 aromatic heterocycles. The lowest BCUT2D eigenvalue weighted by Gasteiger charge is -2.59. The van der Waals surface area contributed by atoms with Crippen molar-refractivity contribution in [2.24, 2.45) is 5.92 Å². The molecular formula is C31H32N2O6S. The van der Waals surface area contributed by atoms with Gasteiger partial charge in [0.05, 0.1) is 30.6 Å². The Balaban J connectivity index is 1.29. The minimum atomic E-state index is -3.67. The van der Waals surface area contributed by atoms with Gasteiger partial charge in [0.2, 0.25) is 15.9 Å². The predicted molar refractivity (Wildman–Crippen MR) is 149 cm³/mol. The minimum Gasteiger partial charge on any atom is -0.493 e. The van der Waals surface area contributed by atoms with Gasteiger partial charge < -0.3 is 18.8 Å². The van der Waals surface area contributed by atoms with E-state index in [2.05, 4.69) is 6.07 Å². The number of hydrogen-bond donors (Lipinski definition) is 0. The molecule has 9 heteroatoms. The van der Waals surface area contributed by atoms with E-state index >= 15 is 0 Å². The first-order valence-electron chi connectivity index (χ1n) is 13.8. The Labute approximate surface area is 234 Å². The third kappa shape index (κ3) is 3.53. The maximum atomic E-state index is 13.9. The monoisotopic (exact) mass is 560 g/mol. The highest BCUT2D eigenvalue weighted by atomic mass is 32.2. The third-order valence-corrected chi connectivity index (χ3v) is 11.5. The van der Waals surface area contributed by atoms with Crippen LogP contribution in [0.15, 0.2) is 76.4 Å². The normalized spacial score (nSPS) is 28.6. The SMILES string of the molecule is COc1ccc2c3c1O[C@H]1[C@H](N(C)C(=O)/C=C/c4ccoc4)CC[C@H]4[C@@H](C2)N(S(=O)(=O)c2ccccc2)CC[C@@]341. The zero-order chi connectivity index (χ0) is 27.6. The Hall–Kier alpha value is -3.56. The number of benzene rings is 2. The number of carbonyl (C=O) groups is 1. The van der Waals surface area contributed by atoms with Crippen LogP contribution in [0, 0.1) is 5.92 Å². The highest BCUT2D eigenvalue weighted by molar-refractivity contribution is 7.89. The second-order valence-electron chi connectivity index (χ2n) is 11.3. The first-order valence-corrected chi connectivity index (χ1v) is 15.2. The number of methoxy groups -OCH3 is 1. The smallest absolute Gasteiger partial charge is 0.246 e. The lowest BCUT2D eigenvalue weighted by molar-refractivity contribution is -0.133. The number of piperidine rings is 1. The van der Waals surface area contributed by atoms with Gasteiger partial charge >= 0.3 is 0 Å². The van der Waals surface area contributed by atoms with Crippen LogP contribution in [-0.4, -0.2) is 62.4 Å². The van der Waals surface area contributed by atoms with Crippen LogP contribution in [0.5, 0.6) is 11.5 Å². The van der Waals surface area contributed by atoms with Gasteiger partial charge in [0.1, 0.15) is 6.10 Å². The molecule has 0 radical (unpaired) electrons. The number of amides is 1. The van der Waals surface area contributed by atoms with E-state index in [1.807, 2.05) is 19.2 Å². The van der Waals surface area contributed by atoms with Gasteiger partial charge in [0.25, 0.3) is 0 Å². The number of hydrogen-bond acceptors (Lipinski definition) is 6. The molecule has 1 saturated carbocycles. The fourth-order valence-electron chi connectivity index (χ4n) is 7.88. The molecule has 3 aromatic rings. The summed E-state index contributed by atoms with van der Waals surface area (Å²) in [5.74, 6) is 1.41. The Bertz CT molecular complexity index is 1590. The van der Waals surface area contributed by atoms with Gasteiger partial charge in [-0.3, -0.25) is 4.79 Å². The van der Waals surface area contributed by atoms with E-state index in [9.17, 15) is 13.2 Å². The molecule has 4 aliphatic rings. The fraction of sp³-hybridized carbons (Fsp3) is 0.387. The molecule has 3 heterocycles. The molecule has 40 heavy (non-hydrogen) atoms. The lowest BCUT2D eigenvalue weighted by Crippen LogP contribution is -2.69. The molecule has 1 spiro atoms. The maximum absolute atomic E-state index is 13.9. The van der Waals surface area contributed by atoms with Gasteiger partial charge in [-0.15, -0.1) is 0 Å². The van der Waals surface area contributed by atoms with Gasteiger partial charge in [-0.05, 0) is 67.5 Å². The molecule has 1 amide bonds. The molecule has 2 aromatic carbocycles. The number of furan rings is 1. The molecule has 8 nitrogen and oxygen atoms in total. The summed E-state index contributed by atoms with van der Waals surface area (Å²) in [6.07, 6.45) is 8.98. The lowest BCUT2D eigenvalue weighted by atomic mass is 9.51. The van der Waals surface area contributed by atoms with E-state index in [1.165, 1.54) is 0 Å². The molecule has 5 atom stereocenters. The van der Waals surface area contributed by atoms with Gasteiger partial charge in [0.15, 0.2) is 11.5 Å². The maximum Gasteiger partial charge on any atom is 0.246 e. The van der Waals surface area contributed by atoms with E-state index < -0.39 is 15.4 Å². The summed E-state index contributed by atoms with van der Waals surface area (Å²) in [5, 5.41) is 0. The summed E-state index contributed by atoms with van der Waals surface area (Å²) in [6, 6.07) is 14.2. The largest absolute Gasteiger partial charge is 0.493 e. The first-order chi connectivity index (χ1) is 19.4.